The minimum Gasteiger partial charge on any atom is -0.293 e. The Kier molecular flexibility index (Phi) is 3.02. The van der Waals surface area contributed by atoms with Crippen molar-refractivity contribution in [3.8, 4) is 0 Å². The summed E-state index contributed by atoms with van der Waals surface area (Å²) in [6.07, 6.45) is -0.603. The van der Waals surface area contributed by atoms with E-state index in [9.17, 15) is 4.39 Å². The predicted molar refractivity (Wildman–Crippen MR) is 65.3 cm³/mol. The van der Waals surface area contributed by atoms with Crippen LogP contribution in [0.15, 0.2) is 24.3 Å². The van der Waals surface area contributed by atoms with Crippen molar-refractivity contribution in [1.29, 1.82) is 0 Å². The van der Waals surface area contributed by atoms with Gasteiger partial charge in [-0.05, 0) is 16.5 Å². The second-order valence-corrected chi connectivity index (χ2v) is 5.74. The van der Waals surface area contributed by atoms with Gasteiger partial charge in [-0.1, -0.05) is 45.0 Å². The van der Waals surface area contributed by atoms with E-state index in [1.807, 2.05) is 0 Å². The van der Waals surface area contributed by atoms with Crippen LogP contribution in [0.5, 0.6) is 0 Å². The lowest BCUT2D eigenvalue weighted by molar-refractivity contribution is 0.0591. The maximum atomic E-state index is 12.6. The Morgan fingerprint density at radius 3 is 2.19 bits per heavy atom. The maximum absolute atomic E-state index is 12.6. The zero-order valence-corrected chi connectivity index (χ0v) is 10.3. The SMILES string of the molecule is CC(C)(C)c1ccc(CN2CC(F)C2)cc1. The topological polar surface area (TPSA) is 3.24 Å². The fourth-order valence-electron chi connectivity index (χ4n) is 2.00. The molecule has 0 aromatic heterocycles. The fourth-order valence-corrected chi connectivity index (χ4v) is 2.00. The van der Waals surface area contributed by atoms with Gasteiger partial charge in [-0.3, -0.25) is 4.90 Å². The molecule has 1 fully saturated rings. The molecule has 2 heteroatoms. The van der Waals surface area contributed by atoms with Crippen LogP contribution >= 0.6 is 0 Å². The zero-order valence-electron chi connectivity index (χ0n) is 10.3. The highest BCUT2D eigenvalue weighted by Gasteiger charge is 2.25. The molecule has 88 valence electrons. The Balaban J connectivity index is 1.97. The minimum atomic E-state index is -0.603. The van der Waals surface area contributed by atoms with Crippen molar-refractivity contribution < 1.29 is 4.39 Å². The third-order valence-corrected chi connectivity index (χ3v) is 3.14. The third-order valence-electron chi connectivity index (χ3n) is 3.14. The Bertz CT molecular complexity index is 344. The van der Waals surface area contributed by atoms with Crippen LogP contribution in [-0.2, 0) is 12.0 Å². The molecule has 1 aromatic carbocycles. The molecule has 1 aliphatic rings. The first-order valence-corrected chi connectivity index (χ1v) is 5.91. The van der Waals surface area contributed by atoms with Gasteiger partial charge in [0.1, 0.15) is 6.17 Å². The largest absolute Gasteiger partial charge is 0.293 e. The standard InChI is InChI=1S/C14H20FN/c1-14(2,3)12-6-4-11(5-7-12)8-16-9-13(15)10-16/h4-7,13H,8-10H2,1-3H3. The summed E-state index contributed by atoms with van der Waals surface area (Å²) < 4.78 is 12.6. The van der Waals surface area contributed by atoms with Gasteiger partial charge in [0.25, 0.3) is 0 Å². The highest BCUT2D eigenvalue weighted by molar-refractivity contribution is 5.27. The van der Waals surface area contributed by atoms with E-state index in [1.165, 1.54) is 11.1 Å². The molecular weight excluding hydrogens is 201 g/mol. The van der Waals surface area contributed by atoms with Gasteiger partial charge >= 0.3 is 0 Å². The van der Waals surface area contributed by atoms with Crippen molar-refractivity contribution >= 4 is 0 Å². The molecule has 0 aliphatic carbocycles. The van der Waals surface area contributed by atoms with Crippen LogP contribution in [0.3, 0.4) is 0 Å². The van der Waals surface area contributed by atoms with E-state index in [0.717, 1.165) is 6.54 Å². The number of hydrogen-bond donors (Lipinski definition) is 0. The maximum Gasteiger partial charge on any atom is 0.125 e. The summed E-state index contributed by atoms with van der Waals surface area (Å²) in [5.74, 6) is 0. The van der Waals surface area contributed by atoms with E-state index in [2.05, 4.69) is 49.9 Å². The van der Waals surface area contributed by atoms with E-state index in [4.69, 9.17) is 0 Å². The van der Waals surface area contributed by atoms with Crippen molar-refractivity contribution in [3.05, 3.63) is 35.4 Å². The molecule has 16 heavy (non-hydrogen) atoms. The molecule has 0 amide bonds. The predicted octanol–water partition coefficient (Wildman–Crippen LogP) is 3.14. The van der Waals surface area contributed by atoms with Crippen LogP contribution in [0.4, 0.5) is 4.39 Å². The quantitative estimate of drug-likeness (QED) is 0.741. The summed E-state index contributed by atoms with van der Waals surface area (Å²) in [7, 11) is 0. The van der Waals surface area contributed by atoms with Crippen LogP contribution in [-0.4, -0.2) is 24.2 Å². The van der Waals surface area contributed by atoms with Gasteiger partial charge in [-0.25, -0.2) is 4.39 Å². The highest BCUT2D eigenvalue weighted by Crippen LogP contribution is 2.23. The molecule has 0 spiro atoms. The second kappa shape index (κ2) is 4.17. The van der Waals surface area contributed by atoms with Crippen LogP contribution in [0.2, 0.25) is 0 Å². The molecule has 1 aliphatic heterocycles. The van der Waals surface area contributed by atoms with Crippen molar-refractivity contribution in [1.82, 2.24) is 4.90 Å². The van der Waals surface area contributed by atoms with Gasteiger partial charge < -0.3 is 0 Å². The van der Waals surface area contributed by atoms with Gasteiger partial charge in [-0.2, -0.15) is 0 Å². The summed E-state index contributed by atoms with van der Waals surface area (Å²) in [4.78, 5) is 2.14. The second-order valence-electron chi connectivity index (χ2n) is 5.74. The minimum absolute atomic E-state index is 0.208. The molecule has 1 nitrogen and oxygen atoms in total. The number of nitrogens with zero attached hydrogens (tertiary/aromatic N) is 1. The Morgan fingerprint density at radius 2 is 1.75 bits per heavy atom. The lowest BCUT2D eigenvalue weighted by Crippen LogP contribution is -2.47. The van der Waals surface area contributed by atoms with E-state index >= 15 is 0 Å². The third kappa shape index (κ3) is 2.62. The normalized spacial score (nSPS) is 18.5. The van der Waals surface area contributed by atoms with Crippen molar-refractivity contribution in [3.63, 3.8) is 0 Å². The van der Waals surface area contributed by atoms with Crippen LogP contribution in [0, 0.1) is 0 Å². The fraction of sp³-hybridized carbons (Fsp3) is 0.571. The van der Waals surface area contributed by atoms with Crippen molar-refractivity contribution in [2.45, 2.75) is 38.9 Å². The molecule has 1 aromatic rings. The smallest absolute Gasteiger partial charge is 0.125 e. The van der Waals surface area contributed by atoms with Crippen molar-refractivity contribution in [2.24, 2.45) is 0 Å². The number of likely N-dealkylation sites (tertiary alicyclic amines) is 1. The Hall–Kier alpha value is -0.890. The molecule has 1 heterocycles. The van der Waals surface area contributed by atoms with Crippen LogP contribution in [0.1, 0.15) is 31.9 Å². The van der Waals surface area contributed by atoms with Crippen LogP contribution < -0.4 is 0 Å². The van der Waals surface area contributed by atoms with E-state index in [-0.39, 0.29) is 5.41 Å². The van der Waals surface area contributed by atoms with E-state index in [1.54, 1.807) is 0 Å². The number of alkyl halides is 1. The first kappa shape index (κ1) is 11.6. The van der Waals surface area contributed by atoms with E-state index in [0.29, 0.717) is 13.1 Å². The lowest BCUT2D eigenvalue weighted by atomic mass is 9.86. The molecule has 0 unspecified atom stereocenters. The lowest BCUT2D eigenvalue weighted by Gasteiger charge is -2.34. The van der Waals surface area contributed by atoms with Crippen LogP contribution in [0.25, 0.3) is 0 Å². The number of halogens is 1. The molecule has 2 rings (SSSR count). The average molecular weight is 221 g/mol. The highest BCUT2D eigenvalue weighted by atomic mass is 19.1. The summed E-state index contributed by atoms with van der Waals surface area (Å²) in [6.45, 7) is 8.72. The number of benzene rings is 1. The van der Waals surface area contributed by atoms with Gasteiger partial charge in [0.2, 0.25) is 0 Å². The van der Waals surface area contributed by atoms with Crippen molar-refractivity contribution in [2.75, 3.05) is 13.1 Å². The summed E-state index contributed by atoms with van der Waals surface area (Å²) in [5.41, 5.74) is 2.84. The molecular formula is C14H20FN. The first-order valence-electron chi connectivity index (χ1n) is 5.91. The number of hydrogen-bond acceptors (Lipinski definition) is 1. The summed E-state index contributed by atoms with van der Waals surface area (Å²) in [5, 5.41) is 0. The molecule has 0 radical (unpaired) electrons. The average Bonchev–Trinajstić information content (AvgIpc) is 2.15. The molecule has 0 bridgehead atoms. The zero-order chi connectivity index (χ0) is 11.8. The summed E-state index contributed by atoms with van der Waals surface area (Å²) >= 11 is 0. The Morgan fingerprint density at radius 1 is 1.19 bits per heavy atom. The molecule has 0 atom stereocenters. The van der Waals surface area contributed by atoms with Gasteiger partial charge in [0.05, 0.1) is 0 Å². The molecule has 0 saturated carbocycles. The molecule has 1 saturated heterocycles. The first-order chi connectivity index (χ1) is 7.45. The number of rotatable bonds is 2. The monoisotopic (exact) mass is 221 g/mol. The van der Waals surface area contributed by atoms with Gasteiger partial charge in [-0.15, -0.1) is 0 Å². The van der Waals surface area contributed by atoms with E-state index < -0.39 is 6.17 Å². The molecule has 0 N–H and O–H groups in total. The Labute approximate surface area is 97.3 Å². The van der Waals surface area contributed by atoms with Gasteiger partial charge in [0, 0.05) is 19.6 Å². The van der Waals surface area contributed by atoms with Gasteiger partial charge in [0.15, 0.2) is 0 Å². The summed E-state index contributed by atoms with van der Waals surface area (Å²) in [6, 6.07) is 8.68.